The lowest BCUT2D eigenvalue weighted by atomic mass is 10.1. The van der Waals surface area contributed by atoms with Gasteiger partial charge in [0.25, 0.3) is 0 Å². The van der Waals surface area contributed by atoms with Gasteiger partial charge in [0.1, 0.15) is 11.7 Å². The van der Waals surface area contributed by atoms with E-state index in [0.29, 0.717) is 18.5 Å². The number of hydrogen-bond acceptors (Lipinski definition) is 3. The number of rotatable bonds is 5. The summed E-state index contributed by atoms with van der Waals surface area (Å²) in [7, 11) is 0. The molecular weight excluding hydrogens is 209 g/mol. The van der Waals surface area contributed by atoms with Gasteiger partial charge in [0.15, 0.2) is 0 Å². The fraction of sp³-hybridized carbons (Fsp3) is 0.364. The normalized spacial score (nSPS) is 13.8. The van der Waals surface area contributed by atoms with E-state index < -0.39 is 0 Å². The molecule has 0 saturated heterocycles. The molecule has 1 aromatic rings. The van der Waals surface area contributed by atoms with Crippen LogP contribution in [0.15, 0.2) is 29.4 Å². The summed E-state index contributed by atoms with van der Waals surface area (Å²) in [5.74, 6) is -0.0699. The Hall–Kier alpha value is -1.62. The van der Waals surface area contributed by atoms with Crippen molar-refractivity contribution >= 4 is 5.84 Å². The van der Waals surface area contributed by atoms with Crippen molar-refractivity contribution in [1.29, 1.82) is 0 Å². The first-order valence-electron chi connectivity index (χ1n) is 5.09. The molecule has 4 N–H and O–H groups in total. The molecule has 0 fully saturated rings. The van der Waals surface area contributed by atoms with Crippen LogP contribution in [0.3, 0.4) is 0 Å². The molecule has 0 saturated carbocycles. The summed E-state index contributed by atoms with van der Waals surface area (Å²) < 4.78 is 13.4. The average molecular weight is 225 g/mol. The van der Waals surface area contributed by atoms with Crippen molar-refractivity contribution in [3.63, 3.8) is 0 Å². The molecule has 16 heavy (non-hydrogen) atoms. The summed E-state index contributed by atoms with van der Waals surface area (Å²) >= 11 is 0. The van der Waals surface area contributed by atoms with Crippen LogP contribution in [0, 0.1) is 5.82 Å². The maximum absolute atomic E-state index is 13.4. The Balaban J connectivity index is 2.47. The Labute approximate surface area is 94.0 Å². The van der Waals surface area contributed by atoms with E-state index in [1.807, 2.05) is 6.92 Å². The molecule has 1 aromatic carbocycles. The Bertz CT molecular complexity index is 368. The predicted molar refractivity (Wildman–Crippen MR) is 60.8 cm³/mol. The monoisotopic (exact) mass is 225 g/mol. The molecule has 4 nitrogen and oxygen atoms in total. The van der Waals surface area contributed by atoms with Gasteiger partial charge in [-0.25, -0.2) is 4.39 Å². The summed E-state index contributed by atoms with van der Waals surface area (Å²) in [5, 5.41) is 14.3. The van der Waals surface area contributed by atoms with Crippen LogP contribution in [0.25, 0.3) is 0 Å². The van der Waals surface area contributed by atoms with Crippen LogP contribution in [-0.2, 0) is 0 Å². The minimum atomic E-state index is -0.230. The number of nitrogens with two attached hydrogens (primary N) is 1. The lowest BCUT2D eigenvalue weighted by Crippen LogP contribution is -2.25. The van der Waals surface area contributed by atoms with Gasteiger partial charge in [-0.2, -0.15) is 0 Å². The maximum Gasteiger partial charge on any atom is 0.140 e. The molecule has 88 valence electrons. The first-order valence-corrected chi connectivity index (χ1v) is 5.09. The fourth-order valence-electron chi connectivity index (χ4n) is 1.40. The highest BCUT2D eigenvalue weighted by Crippen LogP contribution is 2.15. The number of nitrogens with zero attached hydrogens (tertiary/aromatic N) is 1. The lowest BCUT2D eigenvalue weighted by molar-refractivity contribution is 0.316. The van der Waals surface area contributed by atoms with Crippen LogP contribution in [0.5, 0.6) is 0 Å². The van der Waals surface area contributed by atoms with Gasteiger partial charge in [0.05, 0.1) is 0 Å². The zero-order valence-corrected chi connectivity index (χ0v) is 9.15. The van der Waals surface area contributed by atoms with Crippen LogP contribution in [0.1, 0.15) is 24.9 Å². The van der Waals surface area contributed by atoms with E-state index >= 15 is 0 Å². The molecule has 0 heterocycles. The highest BCUT2D eigenvalue weighted by molar-refractivity contribution is 5.79. The van der Waals surface area contributed by atoms with Crippen LogP contribution in [0.2, 0.25) is 0 Å². The zero-order chi connectivity index (χ0) is 12.0. The quantitative estimate of drug-likeness (QED) is 0.308. The van der Waals surface area contributed by atoms with Crippen molar-refractivity contribution < 1.29 is 9.60 Å². The minimum absolute atomic E-state index is 0.104. The van der Waals surface area contributed by atoms with Crippen molar-refractivity contribution in [2.45, 2.75) is 19.4 Å². The van der Waals surface area contributed by atoms with E-state index in [-0.39, 0.29) is 17.7 Å². The van der Waals surface area contributed by atoms with E-state index in [4.69, 9.17) is 10.9 Å². The molecule has 0 aliphatic carbocycles. The van der Waals surface area contributed by atoms with Gasteiger partial charge in [0.2, 0.25) is 0 Å². The van der Waals surface area contributed by atoms with Gasteiger partial charge in [-0.1, -0.05) is 23.4 Å². The highest BCUT2D eigenvalue weighted by Gasteiger charge is 2.08. The molecule has 5 heteroatoms. The van der Waals surface area contributed by atoms with E-state index in [1.165, 1.54) is 6.07 Å². The predicted octanol–water partition coefficient (Wildman–Crippen LogP) is 1.61. The molecule has 0 aromatic heterocycles. The molecule has 1 rings (SSSR count). The summed E-state index contributed by atoms with van der Waals surface area (Å²) in [6.45, 7) is 2.40. The van der Waals surface area contributed by atoms with Gasteiger partial charge in [0, 0.05) is 24.6 Å². The van der Waals surface area contributed by atoms with Gasteiger partial charge in [-0.3, -0.25) is 0 Å². The van der Waals surface area contributed by atoms with E-state index in [1.54, 1.807) is 18.2 Å². The minimum Gasteiger partial charge on any atom is -0.409 e. The standard InChI is InChI=1S/C11H16FN3O/c1-8(14-7-6-11(13)15-16)9-4-2-3-5-10(9)12/h2-5,8,14,16H,6-7H2,1H3,(H2,13,15)/t8-/m1/s1. The molecule has 0 aliphatic heterocycles. The smallest absolute Gasteiger partial charge is 0.140 e. The Kier molecular flexibility index (Phi) is 4.72. The Morgan fingerprint density at radius 1 is 1.56 bits per heavy atom. The van der Waals surface area contributed by atoms with Gasteiger partial charge in [-0.15, -0.1) is 0 Å². The van der Waals surface area contributed by atoms with E-state index in [2.05, 4.69) is 10.5 Å². The largest absolute Gasteiger partial charge is 0.409 e. The van der Waals surface area contributed by atoms with Crippen molar-refractivity contribution in [3.05, 3.63) is 35.6 Å². The average Bonchev–Trinajstić information content (AvgIpc) is 2.29. The zero-order valence-electron chi connectivity index (χ0n) is 9.15. The van der Waals surface area contributed by atoms with Crippen LogP contribution in [0.4, 0.5) is 4.39 Å². The number of benzene rings is 1. The SMILES string of the molecule is C[C@@H](NCC/C(N)=N/O)c1ccccc1F. The topological polar surface area (TPSA) is 70.6 Å². The first-order chi connectivity index (χ1) is 7.65. The second-order valence-electron chi connectivity index (χ2n) is 3.54. The number of nitrogens with one attached hydrogen (secondary N) is 1. The van der Waals surface area contributed by atoms with Gasteiger partial charge < -0.3 is 16.3 Å². The molecular formula is C11H16FN3O. The summed E-state index contributed by atoms with van der Waals surface area (Å²) in [5.41, 5.74) is 5.93. The van der Waals surface area contributed by atoms with Crippen molar-refractivity contribution in [2.75, 3.05) is 6.54 Å². The first kappa shape index (κ1) is 12.4. The fourth-order valence-corrected chi connectivity index (χ4v) is 1.40. The van der Waals surface area contributed by atoms with Crippen LogP contribution < -0.4 is 11.1 Å². The lowest BCUT2D eigenvalue weighted by Gasteiger charge is -2.14. The second kappa shape index (κ2) is 6.07. The summed E-state index contributed by atoms with van der Waals surface area (Å²) in [6, 6.07) is 6.50. The number of oxime groups is 1. The van der Waals surface area contributed by atoms with E-state index in [9.17, 15) is 4.39 Å². The molecule has 0 amide bonds. The van der Waals surface area contributed by atoms with E-state index in [0.717, 1.165) is 0 Å². The van der Waals surface area contributed by atoms with Crippen molar-refractivity contribution in [3.8, 4) is 0 Å². The molecule has 0 spiro atoms. The number of amidine groups is 1. The molecule has 0 unspecified atom stereocenters. The number of halogens is 1. The molecule has 0 radical (unpaired) electrons. The Morgan fingerprint density at radius 3 is 2.88 bits per heavy atom. The summed E-state index contributed by atoms with van der Waals surface area (Å²) in [4.78, 5) is 0. The number of hydrogen-bond donors (Lipinski definition) is 3. The third-order valence-electron chi connectivity index (χ3n) is 2.33. The van der Waals surface area contributed by atoms with Crippen LogP contribution in [-0.4, -0.2) is 17.6 Å². The highest BCUT2D eigenvalue weighted by atomic mass is 19.1. The second-order valence-corrected chi connectivity index (χ2v) is 3.54. The van der Waals surface area contributed by atoms with Crippen molar-refractivity contribution in [1.82, 2.24) is 5.32 Å². The van der Waals surface area contributed by atoms with Crippen LogP contribution >= 0.6 is 0 Å². The third kappa shape index (κ3) is 3.51. The molecule has 1 atom stereocenters. The maximum atomic E-state index is 13.4. The van der Waals surface area contributed by atoms with Gasteiger partial charge in [-0.05, 0) is 13.0 Å². The Morgan fingerprint density at radius 2 is 2.25 bits per heavy atom. The third-order valence-corrected chi connectivity index (χ3v) is 2.33. The van der Waals surface area contributed by atoms with Gasteiger partial charge >= 0.3 is 0 Å². The summed E-state index contributed by atoms with van der Waals surface area (Å²) in [6.07, 6.45) is 0.426. The van der Waals surface area contributed by atoms with Crippen molar-refractivity contribution in [2.24, 2.45) is 10.9 Å². The molecule has 0 aliphatic rings. The molecule has 0 bridgehead atoms.